The number of carbonyl (C=O) groups is 1. The molecule has 0 aliphatic carbocycles. The summed E-state index contributed by atoms with van der Waals surface area (Å²) in [4.78, 5) is 13.0. The van der Waals surface area contributed by atoms with Crippen molar-refractivity contribution in [1.82, 2.24) is 9.91 Å². The summed E-state index contributed by atoms with van der Waals surface area (Å²) in [6.07, 6.45) is 0.602. The van der Waals surface area contributed by atoms with Crippen LogP contribution >= 0.6 is 0 Å². The van der Waals surface area contributed by atoms with Crippen molar-refractivity contribution >= 4 is 5.91 Å². The average molecular weight is 157 g/mol. The van der Waals surface area contributed by atoms with Gasteiger partial charge in [0.05, 0.1) is 0 Å². The predicted molar refractivity (Wildman–Crippen MR) is 42.6 cm³/mol. The van der Waals surface area contributed by atoms with E-state index in [2.05, 4.69) is 0 Å². The normalized spacial score (nSPS) is 20.4. The van der Waals surface area contributed by atoms with E-state index >= 15 is 0 Å². The van der Waals surface area contributed by atoms with E-state index in [1.165, 1.54) is 0 Å². The molecule has 11 heavy (non-hydrogen) atoms. The van der Waals surface area contributed by atoms with Gasteiger partial charge in [-0.15, -0.1) is 0 Å². The Labute approximate surface area is 66.9 Å². The molecular formula is C7H15N3O. The van der Waals surface area contributed by atoms with Crippen molar-refractivity contribution in [3.63, 3.8) is 0 Å². The number of nitrogens with zero attached hydrogens (tertiary/aromatic N) is 2. The molecule has 4 nitrogen and oxygen atoms in total. The summed E-state index contributed by atoms with van der Waals surface area (Å²) in [6.45, 7) is 5.04. The summed E-state index contributed by atoms with van der Waals surface area (Å²) in [5.41, 5.74) is 0. The van der Waals surface area contributed by atoms with Crippen LogP contribution in [0.25, 0.3) is 0 Å². The van der Waals surface area contributed by atoms with E-state index in [4.69, 9.17) is 5.84 Å². The number of rotatable bonds is 1. The van der Waals surface area contributed by atoms with E-state index in [1.54, 1.807) is 5.01 Å². The Morgan fingerprint density at radius 3 is 2.36 bits per heavy atom. The number of piperazine rings is 1. The second-order valence-corrected chi connectivity index (χ2v) is 2.77. The minimum Gasteiger partial charge on any atom is -0.340 e. The van der Waals surface area contributed by atoms with Crippen molar-refractivity contribution in [3.05, 3.63) is 0 Å². The number of nitrogens with two attached hydrogens (primary N) is 1. The SMILES string of the molecule is CCC(=O)N1CCN(N)CC1. The summed E-state index contributed by atoms with van der Waals surface area (Å²) >= 11 is 0. The maximum atomic E-state index is 11.1. The second-order valence-electron chi connectivity index (χ2n) is 2.77. The maximum Gasteiger partial charge on any atom is 0.222 e. The molecule has 0 aromatic rings. The van der Waals surface area contributed by atoms with Crippen LogP contribution in [-0.2, 0) is 4.79 Å². The van der Waals surface area contributed by atoms with Gasteiger partial charge < -0.3 is 4.90 Å². The Balaban J connectivity index is 2.33. The molecule has 1 aliphatic heterocycles. The number of hydrogen-bond donors (Lipinski definition) is 1. The largest absolute Gasteiger partial charge is 0.340 e. The molecule has 0 aromatic heterocycles. The first-order valence-corrected chi connectivity index (χ1v) is 4.01. The van der Waals surface area contributed by atoms with E-state index in [0.717, 1.165) is 26.2 Å². The molecule has 0 spiro atoms. The number of hydrazine groups is 1. The fourth-order valence-electron chi connectivity index (χ4n) is 1.19. The van der Waals surface area contributed by atoms with Gasteiger partial charge in [-0.25, -0.2) is 5.01 Å². The summed E-state index contributed by atoms with van der Waals surface area (Å²) in [7, 11) is 0. The first-order valence-electron chi connectivity index (χ1n) is 4.01. The molecule has 64 valence electrons. The van der Waals surface area contributed by atoms with Gasteiger partial charge in [0.15, 0.2) is 0 Å². The van der Waals surface area contributed by atoms with Gasteiger partial charge in [-0.3, -0.25) is 10.6 Å². The van der Waals surface area contributed by atoms with Gasteiger partial charge >= 0.3 is 0 Å². The van der Waals surface area contributed by atoms with Crippen molar-refractivity contribution in [2.75, 3.05) is 26.2 Å². The highest BCUT2D eigenvalue weighted by Crippen LogP contribution is 1.99. The quantitative estimate of drug-likeness (QED) is 0.518. The Morgan fingerprint density at radius 1 is 1.36 bits per heavy atom. The topological polar surface area (TPSA) is 49.6 Å². The van der Waals surface area contributed by atoms with Gasteiger partial charge in [0.25, 0.3) is 0 Å². The average Bonchev–Trinajstić information content (AvgIpc) is 2.05. The third kappa shape index (κ3) is 2.17. The maximum absolute atomic E-state index is 11.1. The van der Waals surface area contributed by atoms with E-state index in [0.29, 0.717) is 6.42 Å². The molecule has 0 saturated carbocycles. The zero-order valence-corrected chi connectivity index (χ0v) is 6.92. The molecule has 0 unspecified atom stereocenters. The van der Waals surface area contributed by atoms with Gasteiger partial charge in [0, 0.05) is 32.6 Å². The molecule has 0 radical (unpaired) electrons. The third-order valence-electron chi connectivity index (χ3n) is 1.97. The van der Waals surface area contributed by atoms with Crippen LogP contribution in [0, 0.1) is 0 Å². The monoisotopic (exact) mass is 157 g/mol. The number of hydrogen-bond acceptors (Lipinski definition) is 3. The number of amides is 1. The van der Waals surface area contributed by atoms with Crippen LogP contribution < -0.4 is 5.84 Å². The Kier molecular flexibility index (Phi) is 2.84. The lowest BCUT2D eigenvalue weighted by Gasteiger charge is -2.31. The molecule has 1 rings (SSSR count). The molecule has 2 N–H and O–H groups in total. The molecule has 1 amide bonds. The second kappa shape index (κ2) is 3.69. The van der Waals surface area contributed by atoms with Gasteiger partial charge in [-0.1, -0.05) is 6.92 Å². The lowest BCUT2D eigenvalue weighted by molar-refractivity contribution is -0.132. The van der Waals surface area contributed by atoms with E-state index in [1.807, 2.05) is 11.8 Å². The summed E-state index contributed by atoms with van der Waals surface area (Å²) < 4.78 is 0. The lowest BCUT2D eigenvalue weighted by atomic mass is 10.3. The Bertz CT molecular complexity index is 141. The Hall–Kier alpha value is -0.610. The van der Waals surface area contributed by atoms with Crippen molar-refractivity contribution < 1.29 is 4.79 Å². The molecular weight excluding hydrogens is 142 g/mol. The van der Waals surface area contributed by atoms with Crippen LogP contribution in [0.3, 0.4) is 0 Å². The zero-order valence-electron chi connectivity index (χ0n) is 6.92. The molecule has 1 heterocycles. The summed E-state index contributed by atoms with van der Waals surface area (Å²) in [6, 6.07) is 0. The molecule has 0 atom stereocenters. The predicted octanol–water partition coefficient (Wildman–Crippen LogP) is -0.586. The molecule has 4 heteroatoms. The number of carbonyl (C=O) groups excluding carboxylic acids is 1. The van der Waals surface area contributed by atoms with Crippen LogP contribution in [0.1, 0.15) is 13.3 Å². The molecule has 0 aromatic carbocycles. The first kappa shape index (κ1) is 8.49. The van der Waals surface area contributed by atoms with Crippen LogP contribution in [0.15, 0.2) is 0 Å². The summed E-state index contributed by atoms with van der Waals surface area (Å²) in [5.74, 6) is 5.77. The smallest absolute Gasteiger partial charge is 0.222 e. The minimum atomic E-state index is 0.234. The van der Waals surface area contributed by atoms with Crippen molar-refractivity contribution in [1.29, 1.82) is 0 Å². The van der Waals surface area contributed by atoms with E-state index in [-0.39, 0.29) is 5.91 Å². The van der Waals surface area contributed by atoms with E-state index < -0.39 is 0 Å². The standard InChI is InChI=1S/C7H15N3O/c1-2-7(11)9-3-5-10(8)6-4-9/h2-6,8H2,1H3. The molecule has 1 saturated heterocycles. The molecule has 1 fully saturated rings. The van der Waals surface area contributed by atoms with Crippen molar-refractivity contribution in [2.45, 2.75) is 13.3 Å². The Morgan fingerprint density at radius 2 is 1.91 bits per heavy atom. The highest BCUT2D eigenvalue weighted by atomic mass is 16.2. The lowest BCUT2D eigenvalue weighted by Crippen LogP contribution is -2.51. The molecule has 0 bridgehead atoms. The van der Waals surface area contributed by atoms with Crippen LogP contribution in [-0.4, -0.2) is 42.0 Å². The highest BCUT2D eigenvalue weighted by molar-refractivity contribution is 5.75. The van der Waals surface area contributed by atoms with Crippen LogP contribution in [0.5, 0.6) is 0 Å². The van der Waals surface area contributed by atoms with Crippen LogP contribution in [0.2, 0.25) is 0 Å². The van der Waals surface area contributed by atoms with Gasteiger partial charge in [0.2, 0.25) is 5.91 Å². The minimum absolute atomic E-state index is 0.234. The first-order chi connectivity index (χ1) is 5.24. The van der Waals surface area contributed by atoms with Gasteiger partial charge in [0.1, 0.15) is 0 Å². The van der Waals surface area contributed by atoms with Crippen molar-refractivity contribution in [2.24, 2.45) is 5.84 Å². The third-order valence-corrected chi connectivity index (χ3v) is 1.97. The highest BCUT2D eigenvalue weighted by Gasteiger charge is 2.17. The van der Waals surface area contributed by atoms with Crippen molar-refractivity contribution in [3.8, 4) is 0 Å². The van der Waals surface area contributed by atoms with Crippen LogP contribution in [0.4, 0.5) is 0 Å². The fraction of sp³-hybridized carbons (Fsp3) is 0.857. The summed E-state index contributed by atoms with van der Waals surface area (Å²) in [5, 5.41) is 1.75. The van der Waals surface area contributed by atoms with Gasteiger partial charge in [-0.05, 0) is 0 Å². The fourth-order valence-corrected chi connectivity index (χ4v) is 1.19. The zero-order chi connectivity index (χ0) is 8.27. The van der Waals surface area contributed by atoms with E-state index in [9.17, 15) is 4.79 Å². The molecule has 1 aliphatic rings. The van der Waals surface area contributed by atoms with Gasteiger partial charge in [-0.2, -0.15) is 0 Å².